The normalized spacial score (nSPS) is 18.1. The van der Waals surface area contributed by atoms with Gasteiger partial charge in [0.05, 0.1) is 26.5 Å². The molecule has 0 unspecified atom stereocenters. The molecule has 1 aliphatic heterocycles. The summed E-state index contributed by atoms with van der Waals surface area (Å²) >= 11 is 0. The number of methoxy groups -OCH3 is 1. The Labute approximate surface area is 99.2 Å². The molecule has 1 fully saturated rings. The van der Waals surface area contributed by atoms with Gasteiger partial charge in [-0.25, -0.2) is 4.98 Å². The molecule has 0 atom stereocenters. The van der Waals surface area contributed by atoms with Crippen molar-refractivity contribution in [1.29, 1.82) is 0 Å². The van der Waals surface area contributed by atoms with E-state index in [9.17, 15) is 9.90 Å². The molecule has 6 heteroatoms. The van der Waals surface area contributed by atoms with Gasteiger partial charge in [-0.2, -0.15) is 0 Å². The van der Waals surface area contributed by atoms with Gasteiger partial charge in [-0.05, 0) is 5.92 Å². The van der Waals surface area contributed by atoms with E-state index in [1.54, 1.807) is 0 Å². The number of anilines is 1. The minimum atomic E-state index is -0.699. The smallest absolute Gasteiger partial charge is 0.295 e. The highest BCUT2D eigenvalue weighted by Crippen LogP contribution is 2.34. The largest absolute Gasteiger partial charge is 0.489 e. The second-order valence-electron chi connectivity index (χ2n) is 4.70. The zero-order chi connectivity index (χ0) is 12.6. The van der Waals surface area contributed by atoms with Crippen LogP contribution >= 0.6 is 0 Å². The summed E-state index contributed by atoms with van der Waals surface area (Å²) in [6, 6.07) is 0. The van der Waals surface area contributed by atoms with Gasteiger partial charge in [0.25, 0.3) is 5.56 Å². The Morgan fingerprint density at radius 3 is 2.76 bits per heavy atom. The molecule has 0 amide bonds. The SMILES string of the molecule is COc1c(N2CC(O)(C(C)C)C2)nc[nH]c1=O. The third-order valence-corrected chi connectivity index (χ3v) is 3.30. The van der Waals surface area contributed by atoms with Crippen molar-refractivity contribution in [1.82, 2.24) is 9.97 Å². The first-order valence-electron chi connectivity index (χ1n) is 5.57. The van der Waals surface area contributed by atoms with Crippen LogP contribution in [0.2, 0.25) is 0 Å². The van der Waals surface area contributed by atoms with Gasteiger partial charge in [0.15, 0.2) is 5.82 Å². The predicted molar refractivity (Wildman–Crippen MR) is 63.4 cm³/mol. The molecule has 0 aliphatic carbocycles. The fourth-order valence-electron chi connectivity index (χ4n) is 1.92. The molecule has 2 heterocycles. The summed E-state index contributed by atoms with van der Waals surface area (Å²) in [7, 11) is 1.43. The van der Waals surface area contributed by atoms with Crippen LogP contribution in [0.4, 0.5) is 5.82 Å². The molecular weight excluding hydrogens is 222 g/mol. The van der Waals surface area contributed by atoms with Gasteiger partial charge < -0.3 is 19.7 Å². The Bertz CT molecular complexity index is 463. The average Bonchev–Trinajstić information content (AvgIpc) is 2.24. The maximum absolute atomic E-state index is 11.5. The summed E-state index contributed by atoms with van der Waals surface area (Å²) in [6.07, 6.45) is 1.34. The Hall–Kier alpha value is -1.56. The lowest BCUT2D eigenvalue weighted by Gasteiger charge is -2.49. The molecule has 1 aromatic heterocycles. The molecule has 1 aromatic rings. The van der Waals surface area contributed by atoms with Gasteiger partial charge in [0.1, 0.15) is 5.60 Å². The Balaban J connectivity index is 2.22. The summed E-state index contributed by atoms with van der Waals surface area (Å²) in [5, 5.41) is 10.2. The number of H-pyrrole nitrogens is 1. The number of aliphatic hydroxyl groups is 1. The minimum absolute atomic E-state index is 0.173. The monoisotopic (exact) mass is 239 g/mol. The molecule has 0 saturated carbocycles. The molecule has 1 aliphatic rings. The zero-order valence-corrected chi connectivity index (χ0v) is 10.2. The van der Waals surface area contributed by atoms with Crippen LogP contribution in [-0.4, -0.2) is 40.9 Å². The molecule has 0 spiro atoms. The lowest BCUT2D eigenvalue weighted by atomic mass is 9.83. The molecule has 6 nitrogen and oxygen atoms in total. The van der Waals surface area contributed by atoms with Crippen molar-refractivity contribution in [2.75, 3.05) is 25.1 Å². The summed E-state index contributed by atoms with van der Waals surface area (Å²) in [5.41, 5.74) is -1.01. The van der Waals surface area contributed by atoms with Crippen molar-refractivity contribution in [3.05, 3.63) is 16.7 Å². The van der Waals surface area contributed by atoms with Crippen LogP contribution in [0.5, 0.6) is 5.75 Å². The highest BCUT2D eigenvalue weighted by atomic mass is 16.5. The second-order valence-corrected chi connectivity index (χ2v) is 4.70. The molecule has 0 bridgehead atoms. The highest BCUT2D eigenvalue weighted by molar-refractivity contribution is 5.54. The molecule has 1 saturated heterocycles. The first kappa shape index (κ1) is 11.9. The van der Waals surface area contributed by atoms with E-state index in [0.717, 1.165) is 0 Å². The fourth-order valence-corrected chi connectivity index (χ4v) is 1.92. The van der Waals surface area contributed by atoms with Crippen molar-refractivity contribution in [3.8, 4) is 5.75 Å². The molecule has 94 valence electrons. The average molecular weight is 239 g/mol. The maximum atomic E-state index is 11.5. The van der Waals surface area contributed by atoms with E-state index >= 15 is 0 Å². The van der Waals surface area contributed by atoms with Gasteiger partial charge in [-0.3, -0.25) is 4.79 Å². The zero-order valence-electron chi connectivity index (χ0n) is 10.2. The molecule has 0 radical (unpaired) electrons. The van der Waals surface area contributed by atoms with Crippen molar-refractivity contribution in [2.24, 2.45) is 5.92 Å². The molecule has 2 N–H and O–H groups in total. The van der Waals surface area contributed by atoms with Gasteiger partial charge in [0, 0.05) is 0 Å². The van der Waals surface area contributed by atoms with Crippen molar-refractivity contribution >= 4 is 5.82 Å². The number of rotatable bonds is 3. The van der Waals surface area contributed by atoms with Gasteiger partial charge in [-0.15, -0.1) is 0 Å². The molecule has 0 aromatic carbocycles. The summed E-state index contributed by atoms with van der Waals surface area (Å²) < 4.78 is 5.03. The van der Waals surface area contributed by atoms with Gasteiger partial charge >= 0.3 is 0 Å². The van der Waals surface area contributed by atoms with Gasteiger partial charge in [0.2, 0.25) is 5.75 Å². The number of β-amino-alcohol motifs (C(OH)–C–C–N with tert-alkyl or cyclic N) is 1. The van der Waals surface area contributed by atoms with Crippen LogP contribution in [0.1, 0.15) is 13.8 Å². The van der Waals surface area contributed by atoms with Crippen LogP contribution in [0, 0.1) is 5.92 Å². The van der Waals surface area contributed by atoms with Crippen molar-refractivity contribution in [2.45, 2.75) is 19.4 Å². The standard InChI is InChI=1S/C11H17N3O3/c1-7(2)11(16)4-14(5-11)9-8(17-3)10(15)13-6-12-9/h6-7,16H,4-5H2,1-3H3,(H,12,13,15). The third kappa shape index (κ3) is 1.88. The van der Waals surface area contributed by atoms with Crippen molar-refractivity contribution < 1.29 is 9.84 Å². The van der Waals surface area contributed by atoms with E-state index in [2.05, 4.69) is 9.97 Å². The number of hydrogen-bond acceptors (Lipinski definition) is 5. The summed E-state index contributed by atoms with van der Waals surface area (Å²) in [4.78, 5) is 19.9. The van der Waals surface area contributed by atoms with Crippen LogP contribution < -0.4 is 15.2 Å². The predicted octanol–water partition coefficient (Wildman–Crippen LogP) is -0.0144. The van der Waals surface area contributed by atoms with E-state index < -0.39 is 5.60 Å². The number of hydrogen-bond donors (Lipinski definition) is 2. The molecule has 2 rings (SSSR count). The fraction of sp³-hybridized carbons (Fsp3) is 0.636. The second kappa shape index (κ2) is 4.03. The molecular formula is C11H17N3O3. The number of nitrogens with zero attached hydrogens (tertiary/aromatic N) is 2. The summed E-state index contributed by atoms with van der Waals surface area (Å²) in [6.45, 7) is 4.88. The van der Waals surface area contributed by atoms with E-state index in [1.165, 1.54) is 13.4 Å². The highest BCUT2D eigenvalue weighted by Gasteiger charge is 2.45. The topological polar surface area (TPSA) is 78.5 Å². The Morgan fingerprint density at radius 2 is 2.24 bits per heavy atom. The lowest BCUT2D eigenvalue weighted by Crippen LogP contribution is -2.65. The van der Waals surface area contributed by atoms with E-state index in [1.807, 2.05) is 18.7 Å². The van der Waals surface area contributed by atoms with E-state index in [0.29, 0.717) is 18.9 Å². The third-order valence-electron chi connectivity index (χ3n) is 3.30. The minimum Gasteiger partial charge on any atom is -0.489 e. The van der Waals surface area contributed by atoms with E-state index in [4.69, 9.17) is 4.74 Å². The number of nitrogens with one attached hydrogen (secondary N) is 1. The number of ether oxygens (including phenoxy) is 1. The number of aromatic nitrogens is 2. The van der Waals surface area contributed by atoms with Gasteiger partial charge in [-0.1, -0.05) is 13.8 Å². The Morgan fingerprint density at radius 1 is 1.59 bits per heavy atom. The van der Waals surface area contributed by atoms with Crippen LogP contribution in [0.25, 0.3) is 0 Å². The quantitative estimate of drug-likeness (QED) is 0.775. The van der Waals surface area contributed by atoms with Crippen LogP contribution in [-0.2, 0) is 0 Å². The lowest BCUT2D eigenvalue weighted by molar-refractivity contribution is -0.0306. The van der Waals surface area contributed by atoms with E-state index in [-0.39, 0.29) is 17.2 Å². The van der Waals surface area contributed by atoms with Crippen molar-refractivity contribution in [3.63, 3.8) is 0 Å². The maximum Gasteiger partial charge on any atom is 0.295 e. The number of aromatic amines is 1. The first-order valence-corrected chi connectivity index (χ1v) is 5.57. The van der Waals surface area contributed by atoms with Crippen LogP contribution in [0.3, 0.4) is 0 Å². The Kier molecular flexibility index (Phi) is 2.82. The van der Waals surface area contributed by atoms with Crippen LogP contribution in [0.15, 0.2) is 11.1 Å². The first-order chi connectivity index (χ1) is 7.98. The summed E-state index contributed by atoms with van der Waals surface area (Å²) in [5.74, 6) is 0.853. The molecule has 17 heavy (non-hydrogen) atoms.